The van der Waals surface area contributed by atoms with E-state index in [0.717, 1.165) is 5.56 Å². The lowest BCUT2D eigenvalue weighted by molar-refractivity contribution is 0.445. The predicted molar refractivity (Wildman–Crippen MR) is 59.3 cm³/mol. The molecule has 0 spiro atoms. The van der Waals surface area contributed by atoms with Crippen molar-refractivity contribution >= 4 is 0 Å². The van der Waals surface area contributed by atoms with Crippen molar-refractivity contribution in [1.82, 2.24) is 4.98 Å². The molecule has 80 valence electrons. The van der Waals surface area contributed by atoms with Gasteiger partial charge < -0.3 is 10.2 Å². The molecular weight excluding hydrogens is 206 g/mol. The zero-order valence-electron chi connectivity index (χ0n) is 8.29. The number of hydrogen-bond donors (Lipinski definition) is 2. The average Bonchev–Trinajstić information content (AvgIpc) is 2.44. The first-order valence-electron chi connectivity index (χ1n) is 4.65. The quantitative estimate of drug-likeness (QED) is 0.756. The summed E-state index contributed by atoms with van der Waals surface area (Å²) in [5.74, 6) is -0.952. The highest BCUT2D eigenvalue weighted by molar-refractivity contribution is 5.64. The van der Waals surface area contributed by atoms with Gasteiger partial charge in [-0.3, -0.25) is 9.78 Å². The van der Waals surface area contributed by atoms with Gasteiger partial charge in [-0.05, 0) is 35.4 Å². The molecule has 0 aliphatic rings. The first-order chi connectivity index (χ1) is 7.68. The van der Waals surface area contributed by atoms with Crippen LogP contribution in [0.15, 0.2) is 47.5 Å². The summed E-state index contributed by atoms with van der Waals surface area (Å²) in [6.07, 6.45) is 3.22. The van der Waals surface area contributed by atoms with Crippen LogP contribution >= 0.6 is 0 Å². The van der Waals surface area contributed by atoms with Gasteiger partial charge in [0.2, 0.25) is 0 Å². The summed E-state index contributed by atoms with van der Waals surface area (Å²) in [5.41, 5.74) is 0.665. The summed E-state index contributed by atoms with van der Waals surface area (Å²) in [6, 6.07) is 7.63. The molecule has 0 unspecified atom stereocenters. The van der Waals surface area contributed by atoms with Crippen LogP contribution in [0.2, 0.25) is 0 Å². The highest BCUT2D eigenvalue weighted by Gasteiger charge is 2.03. The lowest BCUT2D eigenvalue weighted by Gasteiger charge is -1.96. The normalized spacial score (nSPS) is 10.0. The summed E-state index contributed by atoms with van der Waals surface area (Å²) < 4.78 is 0. The summed E-state index contributed by atoms with van der Waals surface area (Å²) in [6.45, 7) is 0. The molecule has 1 heterocycles. The van der Waals surface area contributed by atoms with E-state index in [1.165, 1.54) is 12.1 Å². The van der Waals surface area contributed by atoms with Crippen molar-refractivity contribution in [2.75, 3.05) is 0 Å². The highest BCUT2D eigenvalue weighted by atomic mass is 16.3. The Morgan fingerprint density at radius 3 is 2.25 bits per heavy atom. The van der Waals surface area contributed by atoms with Gasteiger partial charge in [-0.15, -0.1) is 0 Å². The van der Waals surface area contributed by atoms with Gasteiger partial charge in [0.05, 0.1) is 0 Å². The Morgan fingerprint density at radius 1 is 0.875 bits per heavy atom. The molecule has 0 atom stereocenters. The molecule has 0 amide bonds. The van der Waals surface area contributed by atoms with Crippen LogP contribution < -0.4 is 5.43 Å². The molecule has 2 N–H and O–H groups in total. The fourth-order valence-corrected chi connectivity index (χ4v) is 1.36. The monoisotopic (exact) mass is 215 g/mol. The first-order valence-corrected chi connectivity index (χ1v) is 4.65. The van der Waals surface area contributed by atoms with E-state index in [-0.39, 0.29) is 0 Å². The Kier molecular flexibility index (Phi) is 2.55. The number of nitrogens with zero attached hydrogens (tertiary/aromatic N) is 1. The van der Waals surface area contributed by atoms with Gasteiger partial charge in [0.15, 0.2) is 11.5 Å². The van der Waals surface area contributed by atoms with E-state index in [1.54, 1.807) is 30.6 Å². The van der Waals surface area contributed by atoms with E-state index in [2.05, 4.69) is 4.98 Å². The molecule has 0 bridgehead atoms. The third-order valence-electron chi connectivity index (χ3n) is 2.19. The standard InChI is InChI=1S/C12H9NO3/c14-10-2-1-9(7-11(15)12(10)16)8-3-5-13-6-4-8/h1-7H,(H2,14,15,16). The minimum atomic E-state index is -0.777. The molecule has 0 aliphatic heterocycles. The number of hydrogen-bond acceptors (Lipinski definition) is 4. The summed E-state index contributed by atoms with van der Waals surface area (Å²) in [5, 5.41) is 18.7. The van der Waals surface area contributed by atoms with Gasteiger partial charge in [0, 0.05) is 12.4 Å². The van der Waals surface area contributed by atoms with Crippen LogP contribution in [-0.4, -0.2) is 15.2 Å². The topological polar surface area (TPSA) is 70.4 Å². The van der Waals surface area contributed by atoms with Gasteiger partial charge in [0.1, 0.15) is 0 Å². The van der Waals surface area contributed by atoms with Gasteiger partial charge in [-0.25, -0.2) is 0 Å². The van der Waals surface area contributed by atoms with Crippen LogP contribution in [0, 0.1) is 0 Å². The van der Waals surface area contributed by atoms with Crippen LogP contribution in [0.5, 0.6) is 11.5 Å². The van der Waals surface area contributed by atoms with Gasteiger partial charge >= 0.3 is 0 Å². The Bertz CT molecular complexity index is 567. The molecular formula is C12H9NO3. The maximum absolute atomic E-state index is 11.2. The van der Waals surface area contributed by atoms with Crippen molar-refractivity contribution in [2.45, 2.75) is 0 Å². The van der Waals surface area contributed by atoms with Crippen molar-refractivity contribution in [3.05, 3.63) is 52.9 Å². The molecule has 16 heavy (non-hydrogen) atoms. The van der Waals surface area contributed by atoms with Crippen LogP contribution in [0.3, 0.4) is 0 Å². The van der Waals surface area contributed by atoms with Crippen LogP contribution in [0.25, 0.3) is 11.1 Å². The van der Waals surface area contributed by atoms with Gasteiger partial charge in [0.25, 0.3) is 5.43 Å². The average molecular weight is 215 g/mol. The van der Waals surface area contributed by atoms with Crippen molar-refractivity contribution in [1.29, 1.82) is 0 Å². The second-order valence-corrected chi connectivity index (χ2v) is 3.27. The Morgan fingerprint density at radius 2 is 1.56 bits per heavy atom. The Balaban J connectivity index is 2.66. The van der Waals surface area contributed by atoms with Crippen molar-refractivity contribution in [2.24, 2.45) is 0 Å². The maximum Gasteiger partial charge on any atom is 0.261 e. The number of rotatable bonds is 1. The molecule has 0 aliphatic carbocycles. The zero-order chi connectivity index (χ0) is 11.5. The maximum atomic E-state index is 11.2. The largest absolute Gasteiger partial charge is 0.504 e. The summed E-state index contributed by atoms with van der Waals surface area (Å²) in [4.78, 5) is 15.1. The molecule has 4 heteroatoms. The molecule has 0 saturated heterocycles. The van der Waals surface area contributed by atoms with Crippen molar-refractivity contribution in [3.8, 4) is 22.6 Å². The van der Waals surface area contributed by atoms with Crippen LogP contribution in [0.4, 0.5) is 0 Å². The molecule has 4 nitrogen and oxygen atoms in total. The SMILES string of the molecule is O=c1c(O)ccc(-c2ccncc2)cc1O. The van der Waals surface area contributed by atoms with Crippen molar-refractivity contribution < 1.29 is 10.2 Å². The predicted octanol–water partition coefficient (Wildman–Crippen LogP) is 1.52. The first kappa shape index (κ1) is 10.2. The third kappa shape index (κ3) is 1.86. The zero-order valence-corrected chi connectivity index (χ0v) is 8.29. The minimum absolute atomic E-state index is 0.474. The molecule has 0 radical (unpaired) electrons. The third-order valence-corrected chi connectivity index (χ3v) is 2.19. The Hall–Kier alpha value is -2.36. The van der Waals surface area contributed by atoms with Crippen LogP contribution in [-0.2, 0) is 0 Å². The van der Waals surface area contributed by atoms with E-state index < -0.39 is 16.9 Å². The van der Waals surface area contributed by atoms with E-state index in [9.17, 15) is 15.0 Å². The molecule has 0 fully saturated rings. The lowest BCUT2D eigenvalue weighted by atomic mass is 10.1. The molecule has 2 rings (SSSR count). The molecule has 0 saturated carbocycles. The minimum Gasteiger partial charge on any atom is -0.504 e. The van der Waals surface area contributed by atoms with E-state index >= 15 is 0 Å². The lowest BCUT2D eigenvalue weighted by Crippen LogP contribution is -1.94. The van der Waals surface area contributed by atoms with E-state index in [1.807, 2.05) is 0 Å². The van der Waals surface area contributed by atoms with E-state index in [4.69, 9.17) is 0 Å². The fourth-order valence-electron chi connectivity index (χ4n) is 1.36. The fraction of sp³-hybridized carbons (Fsp3) is 0. The number of aromatic nitrogens is 1. The second-order valence-electron chi connectivity index (χ2n) is 3.27. The molecule has 1 aromatic heterocycles. The van der Waals surface area contributed by atoms with Crippen LogP contribution in [0.1, 0.15) is 0 Å². The number of aromatic hydroxyl groups is 2. The number of pyridine rings is 1. The smallest absolute Gasteiger partial charge is 0.261 e. The molecule has 2 aromatic rings. The van der Waals surface area contributed by atoms with E-state index in [0.29, 0.717) is 5.56 Å². The highest BCUT2D eigenvalue weighted by Crippen LogP contribution is 2.21. The van der Waals surface area contributed by atoms with Gasteiger partial charge in [-0.2, -0.15) is 0 Å². The summed E-state index contributed by atoms with van der Waals surface area (Å²) in [7, 11) is 0. The summed E-state index contributed by atoms with van der Waals surface area (Å²) >= 11 is 0. The second kappa shape index (κ2) is 4.02. The van der Waals surface area contributed by atoms with Crippen molar-refractivity contribution in [3.63, 3.8) is 0 Å². The van der Waals surface area contributed by atoms with Gasteiger partial charge in [-0.1, -0.05) is 6.07 Å². The molecule has 1 aromatic carbocycles. The Labute approximate surface area is 91.5 Å².